The van der Waals surface area contributed by atoms with Crippen LogP contribution in [0.3, 0.4) is 0 Å². The summed E-state index contributed by atoms with van der Waals surface area (Å²) in [5.74, 6) is 0.532. The fourth-order valence-corrected chi connectivity index (χ4v) is 6.69. The van der Waals surface area contributed by atoms with E-state index >= 15 is 0 Å². The van der Waals surface area contributed by atoms with Crippen molar-refractivity contribution < 1.29 is 21.6 Å². The minimum atomic E-state index is -4.71. The number of benzene rings is 1. The van der Waals surface area contributed by atoms with E-state index in [1.54, 1.807) is 29.1 Å². The van der Waals surface area contributed by atoms with Crippen LogP contribution in [0.25, 0.3) is 31.9 Å². The lowest BCUT2D eigenvalue weighted by molar-refractivity contribution is -0.147. The Morgan fingerprint density at radius 2 is 1.89 bits per heavy atom. The van der Waals surface area contributed by atoms with Crippen LogP contribution in [-0.4, -0.2) is 40.6 Å². The molecule has 1 aliphatic carbocycles. The van der Waals surface area contributed by atoms with Crippen LogP contribution in [0.1, 0.15) is 31.9 Å². The van der Waals surface area contributed by atoms with Crippen LogP contribution in [0.15, 0.2) is 54.1 Å². The van der Waals surface area contributed by atoms with Gasteiger partial charge in [-0.3, -0.25) is 4.98 Å². The molecular weight excluding hydrogens is 511 g/mol. The first kappa shape index (κ1) is 24.7. The highest BCUT2D eigenvalue weighted by Gasteiger charge is 2.39. The van der Waals surface area contributed by atoms with Gasteiger partial charge in [0.2, 0.25) is 10.0 Å². The molecule has 1 N–H and O–H groups in total. The summed E-state index contributed by atoms with van der Waals surface area (Å²) in [5, 5.41) is 1.53. The number of pyridine rings is 1. The number of aromatic nitrogens is 4. The first-order valence-corrected chi connectivity index (χ1v) is 13.7. The van der Waals surface area contributed by atoms with Crippen LogP contribution < -0.4 is 4.72 Å². The lowest BCUT2D eigenvalue weighted by Crippen LogP contribution is -2.43. The van der Waals surface area contributed by atoms with Gasteiger partial charge in [-0.05, 0) is 42.8 Å². The number of rotatable bonds is 7. The Morgan fingerprint density at radius 1 is 1.11 bits per heavy atom. The predicted molar refractivity (Wildman–Crippen MR) is 131 cm³/mol. The molecule has 0 radical (unpaired) electrons. The Kier molecular flexibility index (Phi) is 6.52. The monoisotopic (exact) mass is 533 g/mol. The summed E-state index contributed by atoms with van der Waals surface area (Å²) in [5.41, 5.74) is 2.34. The zero-order valence-electron chi connectivity index (χ0n) is 19.2. The molecule has 0 amide bonds. The van der Waals surface area contributed by atoms with Gasteiger partial charge < -0.3 is 0 Å². The second-order valence-electron chi connectivity index (χ2n) is 8.81. The summed E-state index contributed by atoms with van der Waals surface area (Å²) in [7, 11) is -4.47. The van der Waals surface area contributed by atoms with Gasteiger partial charge in [-0.15, -0.1) is 11.3 Å². The molecule has 0 spiro atoms. The van der Waals surface area contributed by atoms with Crippen LogP contribution in [0.5, 0.6) is 0 Å². The lowest BCUT2D eigenvalue weighted by Gasteiger charge is -2.24. The Bertz CT molecular complexity index is 1500. The Labute approximate surface area is 209 Å². The third-order valence-corrected chi connectivity index (χ3v) is 9.09. The molecule has 0 bridgehead atoms. The Morgan fingerprint density at radius 3 is 2.56 bits per heavy atom. The topological polar surface area (TPSA) is 97.7 Å². The largest absolute Gasteiger partial charge is 0.404 e. The lowest BCUT2D eigenvalue weighted by atomic mass is 9.81. The second-order valence-corrected chi connectivity index (χ2v) is 11.5. The first-order valence-electron chi connectivity index (χ1n) is 11.4. The highest BCUT2D eigenvalue weighted by molar-refractivity contribution is 7.89. The summed E-state index contributed by atoms with van der Waals surface area (Å²) in [6, 6.07) is 4.19. The molecule has 1 saturated carbocycles. The molecule has 0 saturated heterocycles. The second kappa shape index (κ2) is 9.49. The van der Waals surface area contributed by atoms with Crippen LogP contribution in [0.4, 0.5) is 13.2 Å². The average molecular weight is 534 g/mol. The normalized spacial score (nSPS) is 15.7. The smallest absolute Gasteiger partial charge is 0.264 e. The van der Waals surface area contributed by atoms with Crippen molar-refractivity contribution in [2.45, 2.75) is 49.7 Å². The maximum atomic E-state index is 13.1. The van der Waals surface area contributed by atoms with E-state index in [1.165, 1.54) is 42.5 Å². The zero-order valence-corrected chi connectivity index (χ0v) is 20.8. The number of nitrogens with zero attached hydrogens (tertiary/aromatic N) is 4. The van der Waals surface area contributed by atoms with Gasteiger partial charge in [0.25, 0.3) is 0 Å². The van der Waals surface area contributed by atoms with Gasteiger partial charge in [-0.25, -0.2) is 23.4 Å². The van der Waals surface area contributed by atoms with Gasteiger partial charge >= 0.3 is 6.18 Å². The molecule has 1 fully saturated rings. The number of sulfonamides is 1. The van der Waals surface area contributed by atoms with Crippen molar-refractivity contribution >= 4 is 32.1 Å². The fourth-order valence-electron chi connectivity index (χ4n) is 4.16. The molecule has 7 nitrogen and oxygen atoms in total. The summed E-state index contributed by atoms with van der Waals surface area (Å²) >= 11 is 1.45. The van der Waals surface area contributed by atoms with Crippen molar-refractivity contribution in [2.24, 2.45) is 5.92 Å². The molecule has 12 heteroatoms. The standard InChI is InChI=1S/C24H22F3N5O2S2/c1-14(24(25,26)27)32-36(33,34)21-6-5-17(16-7-9-28-12-18(16)21)22-20(11-15-3-2-4-15)31-23(35-22)19-8-10-29-13-30-19/h5-10,12-15,32H,2-4,11H2,1H3. The van der Waals surface area contributed by atoms with E-state index in [0.29, 0.717) is 17.0 Å². The van der Waals surface area contributed by atoms with Crippen LogP contribution in [0.2, 0.25) is 0 Å². The maximum Gasteiger partial charge on any atom is 0.404 e. The van der Waals surface area contributed by atoms with E-state index < -0.39 is 22.2 Å². The molecule has 4 aromatic rings. The Balaban J connectivity index is 1.63. The SMILES string of the molecule is CC(NS(=O)(=O)c1ccc(-c2sc(-c3ccncn3)nc2CC2CCC2)c2ccncc12)C(F)(F)F. The molecule has 36 heavy (non-hydrogen) atoms. The number of hydrogen-bond acceptors (Lipinski definition) is 7. The van der Waals surface area contributed by atoms with Gasteiger partial charge in [0, 0.05) is 29.5 Å². The van der Waals surface area contributed by atoms with Crippen molar-refractivity contribution in [3.05, 3.63) is 54.9 Å². The zero-order chi connectivity index (χ0) is 25.5. The quantitative estimate of drug-likeness (QED) is 0.342. The highest BCUT2D eigenvalue weighted by atomic mass is 32.2. The third-order valence-electron chi connectivity index (χ3n) is 6.34. The van der Waals surface area contributed by atoms with Gasteiger partial charge in [0.05, 0.1) is 15.5 Å². The number of hydrogen-bond donors (Lipinski definition) is 1. The number of thiazole rings is 1. The molecule has 3 aromatic heterocycles. The van der Waals surface area contributed by atoms with Crippen molar-refractivity contribution in [3.8, 4) is 21.1 Å². The van der Waals surface area contributed by atoms with Crippen molar-refractivity contribution in [1.29, 1.82) is 0 Å². The summed E-state index contributed by atoms with van der Waals surface area (Å²) in [6.45, 7) is 0.769. The van der Waals surface area contributed by atoms with Gasteiger partial charge in [-0.1, -0.05) is 25.3 Å². The van der Waals surface area contributed by atoms with E-state index in [-0.39, 0.29) is 10.3 Å². The van der Waals surface area contributed by atoms with Crippen molar-refractivity contribution in [3.63, 3.8) is 0 Å². The molecule has 5 rings (SSSR count). The summed E-state index contributed by atoms with van der Waals surface area (Å²) in [4.78, 5) is 17.8. The molecular formula is C24H22F3N5O2S2. The van der Waals surface area contributed by atoms with Crippen LogP contribution >= 0.6 is 11.3 Å². The van der Waals surface area contributed by atoms with Gasteiger partial charge in [-0.2, -0.15) is 17.9 Å². The summed E-state index contributed by atoms with van der Waals surface area (Å²) < 4.78 is 66.8. The van der Waals surface area contributed by atoms with E-state index in [2.05, 4.69) is 15.0 Å². The van der Waals surface area contributed by atoms with Gasteiger partial charge in [0.1, 0.15) is 23.1 Å². The average Bonchev–Trinajstić information content (AvgIpc) is 3.24. The molecule has 188 valence electrons. The molecule has 1 aliphatic rings. The third kappa shape index (κ3) is 4.84. The van der Waals surface area contributed by atoms with Gasteiger partial charge in [0.15, 0.2) is 0 Å². The fraction of sp³-hybridized carbons (Fsp3) is 0.333. The minimum Gasteiger partial charge on any atom is -0.264 e. The van der Waals surface area contributed by atoms with E-state index in [0.717, 1.165) is 47.3 Å². The number of halogens is 3. The molecule has 1 unspecified atom stereocenters. The van der Waals surface area contributed by atoms with E-state index in [4.69, 9.17) is 4.98 Å². The predicted octanol–water partition coefficient (Wildman–Crippen LogP) is 5.39. The minimum absolute atomic E-state index is 0.239. The van der Waals surface area contributed by atoms with Crippen molar-refractivity contribution in [2.75, 3.05) is 0 Å². The van der Waals surface area contributed by atoms with Crippen LogP contribution in [-0.2, 0) is 16.4 Å². The maximum absolute atomic E-state index is 13.1. The van der Waals surface area contributed by atoms with Crippen LogP contribution in [0, 0.1) is 5.92 Å². The number of alkyl halides is 3. The molecule has 1 aromatic carbocycles. The molecule has 1 atom stereocenters. The number of fused-ring (bicyclic) bond motifs is 1. The Hall–Kier alpha value is -2.96. The molecule has 0 aliphatic heterocycles. The number of nitrogens with one attached hydrogen (secondary N) is 1. The summed E-state index contributed by atoms with van der Waals surface area (Å²) in [6.07, 6.45) is 5.52. The highest BCUT2D eigenvalue weighted by Crippen LogP contribution is 2.42. The molecule has 3 heterocycles. The van der Waals surface area contributed by atoms with Crippen molar-refractivity contribution in [1.82, 2.24) is 24.7 Å². The first-order chi connectivity index (χ1) is 17.1. The van der Waals surface area contributed by atoms with E-state index in [9.17, 15) is 21.6 Å². The van der Waals surface area contributed by atoms with E-state index in [1.807, 2.05) is 0 Å².